The van der Waals surface area contributed by atoms with Crippen molar-refractivity contribution in [3.8, 4) is 0 Å². The van der Waals surface area contributed by atoms with Crippen molar-refractivity contribution in [2.45, 2.75) is 6.92 Å². The maximum atomic E-state index is 10.9. The summed E-state index contributed by atoms with van der Waals surface area (Å²) in [5.41, 5.74) is 0.362. The fourth-order valence-electron chi connectivity index (χ4n) is 1.26. The molecule has 0 aliphatic heterocycles. The molecule has 0 aromatic heterocycles. The first kappa shape index (κ1) is 12.7. The molecule has 84 valence electrons. The van der Waals surface area contributed by atoms with Crippen LogP contribution in [0.15, 0.2) is 18.2 Å². The van der Waals surface area contributed by atoms with Crippen LogP contribution in [0.3, 0.4) is 0 Å². The fourth-order valence-corrected chi connectivity index (χ4v) is 1.26. The van der Waals surface area contributed by atoms with Gasteiger partial charge in [0.05, 0.1) is 0 Å². The SMILES string of the molecule is CC(=O)Nc1cc(B(O)O)ccc1B(O)O. The molecule has 0 fully saturated rings. The molecule has 1 aromatic carbocycles. The highest BCUT2D eigenvalue weighted by molar-refractivity contribution is 6.62. The zero-order valence-electron chi connectivity index (χ0n) is 8.58. The summed E-state index contributed by atoms with van der Waals surface area (Å²) in [6.45, 7) is 1.26. The minimum Gasteiger partial charge on any atom is -0.423 e. The smallest absolute Gasteiger partial charge is 0.423 e. The monoisotopic (exact) mass is 223 g/mol. The molecule has 0 saturated heterocycles. The van der Waals surface area contributed by atoms with Crippen LogP contribution in [0, 0.1) is 0 Å². The Morgan fingerprint density at radius 3 is 2.25 bits per heavy atom. The molecule has 6 nitrogen and oxygen atoms in total. The van der Waals surface area contributed by atoms with E-state index in [9.17, 15) is 4.79 Å². The van der Waals surface area contributed by atoms with Crippen LogP contribution in [0.1, 0.15) is 6.92 Å². The second kappa shape index (κ2) is 5.13. The molecule has 1 rings (SSSR count). The average Bonchev–Trinajstić information content (AvgIpc) is 2.15. The Bertz CT molecular complexity index is 396. The molecule has 0 atom stereocenters. The molecule has 0 saturated carbocycles. The second-order valence-electron chi connectivity index (χ2n) is 3.28. The quantitative estimate of drug-likeness (QED) is 0.351. The summed E-state index contributed by atoms with van der Waals surface area (Å²) in [5.74, 6) is -0.397. The summed E-state index contributed by atoms with van der Waals surface area (Å²) in [5, 5.41) is 38.3. The van der Waals surface area contributed by atoms with Gasteiger partial charge in [0.25, 0.3) is 0 Å². The predicted molar refractivity (Wildman–Crippen MR) is 60.4 cm³/mol. The lowest BCUT2D eigenvalue weighted by Gasteiger charge is -2.11. The number of rotatable bonds is 3. The Morgan fingerprint density at radius 2 is 1.81 bits per heavy atom. The third-order valence-corrected chi connectivity index (χ3v) is 1.96. The van der Waals surface area contributed by atoms with Crippen LogP contribution >= 0.6 is 0 Å². The molecule has 5 N–H and O–H groups in total. The normalized spacial score (nSPS) is 9.81. The van der Waals surface area contributed by atoms with Gasteiger partial charge in [-0.25, -0.2) is 0 Å². The van der Waals surface area contributed by atoms with E-state index in [0.29, 0.717) is 0 Å². The number of anilines is 1. The van der Waals surface area contributed by atoms with Gasteiger partial charge in [-0.3, -0.25) is 4.79 Å². The van der Waals surface area contributed by atoms with Gasteiger partial charge in [0.2, 0.25) is 5.91 Å². The molecule has 0 radical (unpaired) electrons. The Kier molecular flexibility index (Phi) is 4.08. The van der Waals surface area contributed by atoms with Gasteiger partial charge in [-0.05, 0) is 11.5 Å². The van der Waals surface area contributed by atoms with Crippen molar-refractivity contribution >= 4 is 36.8 Å². The maximum absolute atomic E-state index is 10.9. The van der Waals surface area contributed by atoms with Gasteiger partial charge in [-0.15, -0.1) is 0 Å². The van der Waals surface area contributed by atoms with Crippen LogP contribution in [0.2, 0.25) is 0 Å². The van der Waals surface area contributed by atoms with Gasteiger partial charge in [-0.2, -0.15) is 0 Å². The van der Waals surface area contributed by atoms with Crippen molar-refractivity contribution in [3.63, 3.8) is 0 Å². The highest BCUT2D eigenvalue weighted by atomic mass is 16.4. The van der Waals surface area contributed by atoms with Crippen LogP contribution < -0.4 is 16.2 Å². The molecule has 0 unspecified atom stereocenters. The number of benzene rings is 1. The van der Waals surface area contributed by atoms with Crippen LogP contribution in [0.5, 0.6) is 0 Å². The number of amides is 1. The molecule has 0 aliphatic carbocycles. The molecular weight excluding hydrogens is 212 g/mol. The van der Waals surface area contributed by atoms with Crippen molar-refractivity contribution in [1.82, 2.24) is 0 Å². The van der Waals surface area contributed by atoms with E-state index in [2.05, 4.69) is 5.32 Å². The lowest BCUT2D eigenvalue weighted by molar-refractivity contribution is -0.114. The van der Waals surface area contributed by atoms with Crippen LogP contribution in [0.4, 0.5) is 5.69 Å². The number of nitrogens with one attached hydrogen (secondary N) is 1. The molecule has 0 heterocycles. The molecule has 1 amide bonds. The van der Waals surface area contributed by atoms with Gasteiger partial charge in [0.15, 0.2) is 0 Å². The van der Waals surface area contributed by atoms with Gasteiger partial charge >= 0.3 is 14.2 Å². The van der Waals surface area contributed by atoms with Crippen LogP contribution in [-0.4, -0.2) is 40.2 Å². The third kappa shape index (κ3) is 3.07. The molecule has 0 aliphatic rings. The Hall–Kier alpha value is -1.34. The van der Waals surface area contributed by atoms with Crippen molar-refractivity contribution < 1.29 is 24.9 Å². The van der Waals surface area contributed by atoms with Crippen LogP contribution in [0.25, 0.3) is 0 Å². The van der Waals surface area contributed by atoms with E-state index in [4.69, 9.17) is 20.1 Å². The minimum atomic E-state index is -1.74. The summed E-state index contributed by atoms with van der Waals surface area (Å²) in [4.78, 5) is 10.9. The van der Waals surface area contributed by atoms with Gasteiger partial charge in [-0.1, -0.05) is 12.1 Å². The first-order valence-electron chi connectivity index (χ1n) is 4.55. The second-order valence-corrected chi connectivity index (χ2v) is 3.28. The molecule has 1 aromatic rings. The Balaban J connectivity index is 3.15. The highest BCUT2D eigenvalue weighted by Gasteiger charge is 2.20. The molecule has 16 heavy (non-hydrogen) atoms. The summed E-state index contributed by atoms with van der Waals surface area (Å²) < 4.78 is 0. The summed E-state index contributed by atoms with van der Waals surface area (Å²) in [6.07, 6.45) is 0. The zero-order chi connectivity index (χ0) is 12.3. The van der Waals surface area contributed by atoms with Crippen molar-refractivity contribution in [3.05, 3.63) is 18.2 Å². The maximum Gasteiger partial charge on any atom is 0.490 e. The first-order valence-corrected chi connectivity index (χ1v) is 4.55. The first-order chi connectivity index (χ1) is 7.41. The molecule has 0 spiro atoms. The lowest BCUT2D eigenvalue weighted by Crippen LogP contribution is -2.37. The summed E-state index contributed by atoms with van der Waals surface area (Å²) in [7, 11) is -3.43. The zero-order valence-corrected chi connectivity index (χ0v) is 8.58. The van der Waals surface area contributed by atoms with E-state index < -0.39 is 20.1 Å². The standard InChI is InChI=1S/C8H11B2NO5/c1-5(12)11-8-4-6(9(13)14)2-3-7(8)10(15)16/h2-4,13-16H,1H3,(H,11,12). The summed E-state index contributed by atoms with van der Waals surface area (Å²) >= 11 is 0. The average molecular weight is 223 g/mol. The Morgan fingerprint density at radius 1 is 1.19 bits per heavy atom. The number of carbonyl (C=O) groups excluding carboxylic acids is 1. The molecule has 8 heteroatoms. The number of hydrogen-bond donors (Lipinski definition) is 5. The van der Waals surface area contributed by atoms with Gasteiger partial charge < -0.3 is 25.4 Å². The van der Waals surface area contributed by atoms with E-state index >= 15 is 0 Å². The molecular formula is C8H11B2NO5. The van der Waals surface area contributed by atoms with Gasteiger partial charge in [0.1, 0.15) is 0 Å². The van der Waals surface area contributed by atoms with Crippen LogP contribution in [-0.2, 0) is 4.79 Å². The van der Waals surface area contributed by atoms with Gasteiger partial charge in [0, 0.05) is 18.1 Å². The van der Waals surface area contributed by atoms with Crippen molar-refractivity contribution in [2.75, 3.05) is 5.32 Å². The Labute approximate surface area is 92.8 Å². The predicted octanol–water partition coefficient (Wildman–Crippen LogP) is -3.00. The fraction of sp³-hybridized carbons (Fsp3) is 0.125. The van der Waals surface area contributed by atoms with E-state index in [1.807, 2.05) is 0 Å². The lowest BCUT2D eigenvalue weighted by atomic mass is 9.73. The third-order valence-electron chi connectivity index (χ3n) is 1.96. The van der Waals surface area contributed by atoms with E-state index in [-0.39, 0.29) is 16.6 Å². The topological polar surface area (TPSA) is 110 Å². The molecule has 0 bridgehead atoms. The van der Waals surface area contributed by atoms with E-state index in [1.54, 1.807) is 0 Å². The summed E-state index contributed by atoms with van der Waals surface area (Å²) in [6, 6.07) is 3.89. The number of hydrogen-bond acceptors (Lipinski definition) is 5. The number of carbonyl (C=O) groups is 1. The van der Waals surface area contributed by atoms with Crippen molar-refractivity contribution in [2.24, 2.45) is 0 Å². The largest absolute Gasteiger partial charge is 0.490 e. The van der Waals surface area contributed by atoms with E-state index in [1.165, 1.54) is 25.1 Å². The van der Waals surface area contributed by atoms with E-state index in [0.717, 1.165) is 0 Å². The highest BCUT2D eigenvalue weighted by Crippen LogP contribution is 2.02. The minimum absolute atomic E-state index is 0.0830. The van der Waals surface area contributed by atoms with Crippen molar-refractivity contribution in [1.29, 1.82) is 0 Å².